The number of hydrogen-bond acceptors (Lipinski definition) is 6. The van der Waals surface area contributed by atoms with E-state index in [-0.39, 0.29) is 24.1 Å². The number of hydrogen-bond donors (Lipinski definition) is 2. The molecule has 1 aliphatic heterocycles. The van der Waals surface area contributed by atoms with Crippen LogP contribution < -0.4 is 26.6 Å². The van der Waals surface area contributed by atoms with E-state index in [1.165, 1.54) is 38.0 Å². The maximum atomic E-state index is 15.6. The molecule has 0 radical (unpaired) electrons. The first-order valence-corrected chi connectivity index (χ1v) is 14.6. The number of benzene rings is 3. The van der Waals surface area contributed by atoms with E-state index >= 15 is 4.39 Å². The second-order valence-electron chi connectivity index (χ2n) is 11.1. The van der Waals surface area contributed by atoms with Crippen molar-refractivity contribution >= 4 is 29.1 Å². The monoisotopic (exact) mass is 633 g/mol. The molecule has 3 aromatic carbocycles. The van der Waals surface area contributed by atoms with Crippen molar-refractivity contribution in [2.75, 3.05) is 26.0 Å². The average Bonchev–Trinajstić information content (AvgIpc) is 3.46. The molecule has 1 aliphatic rings. The molecule has 1 atom stereocenters. The predicted octanol–water partition coefficient (Wildman–Crippen LogP) is 4.10. The Labute approximate surface area is 264 Å². The molecule has 1 fully saturated rings. The lowest BCUT2D eigenvalue weighted by Crippen LogP contribution is -2.40. The van der Waals surface area contributed by atoms with Crippen LogP contribution >= 0.6 is 11.6 Å². The van der Waals surface area contributed by atoms with Crippen molar-refractivity contribution in [3.8, 4) is 28.0 Å². The minimum atomic E-state index is -0.703. The molecular formula is C33H33ClFN5O5. The van der Waals surface area contributed by atoms with Gasteiger partial charge in [0.05, 0.1) is 12.1 Å². The number of anilines is 1. The summed E-state index contributed by atoms with van der Waals surface area (Å²) in [7, 11) is 6.10. The molecule has 45 heavy (non-hydrogen) atoms. The Kier molecular flexibility index (Phi) is 8.94. The summed E-state index contributed by atoms with van der Waals surface area (Å²) < 4.78 is 23.3. The van der Waals surface area contributed by atoms with Gasteiger partial charge >= 0.3 is 5.69 Å². The number of aryl methyl sites for hydroxylation is 1. The molecule has 234 valence electrons. The van der Waals surface area contributed by atoms with Crippen molar-refractivity contribution in [2.45, 2.75) is 25.9 Å². The fourth-order valence-electron chi connectivity index (χ4n) is 5.56. The van der Waals surface area contributed by atoms with Crippen LogP contribution in [0.2, 0.25) is 5.02 Å². The fraction of sp³-hybridized carbons (Fsp3) is 0.273. The first kappa shape index (κ1) is 31.7. The van der Waals surface area contributed by atoms with Crippen molar-refractivity contribution in [3.05, 3.63) is 103 Å². The molecule has 2 N–H and O–H groups in total. The number of halogens is 2. The van der Waals surface area contributed by atoms with Gasteiger partial charge in [-0.1, -0.05) is 41.9 Å². The SMILES string of the molecule is COc1cc(-c2cccc(-c3cccc(NC(=O)c4cn(C)c(=O)n(C)c4=O)c3C)c2Cl)cc(F)c1CN(C)[C@@H]1CNC(=O)C1. The minimum Gasteiger partial charge on any atom is -0.496 e. The summed E-state index contributed by atoms with van der Waals surface area (Å²) in [5.74, 6) is -0.778. The van der Waals surface area contributed by atoms with Gasteiger partial charge in [0.15, 0.2) is 0 Å². The van der Waals surface area contributed by atoms with Gasteiger partial charge in [-0.25, -0.2) is 9.18 Å². The fourth-order valence-corrected chi connectivity index (χ4v) is 5.90. The van der Waals surface area contributed by atoms with E-state index in [4.69, 9.17) is 16.3 Å². The van der Waals surface area contributed by atoms with E-state index in [9.17, 15) is 19.2 Å². The number of nitrogens with zero attached hydrogens (tertiary/aromatic N) is 3. The smallest absolute Gasteiger partial charge is 0.330 e. The number of ether oxygens (including phenoxy) is 1. The normalized spacial score (nSPS) is 14.5. The average molecular weight is 634 g/mol. The lowest BCUT2D eigenvalue weighted by atomic mass is 9.94. The van der Waals surface area contributed by atoms with Crippen LogP contribution in [0.25, 0.3) is 22.3 Å². The molecule has 0 saturated carbocycles. The number of methoxy groups -OCH3 is 1. The van der Waals surface area contributed by atoms with Crippen molar-refractivity contribution in [1.82, 2.24) is 19.4 Å². The largest absolute Gasteiger partial charge is 0.496 e. The maximum Gasteiger partial charge on any atom is 0.330 e. The highest BCUT2D eigenvalue weighted by Gasteiger charge is 2.27. The molecule has 5 rings (SSSR count). The van der Waals surface area contributed by atoms with Crippen LogP contribution in [0.15, 0.2) is 64.3 Å². The van der Waals surface area contributed by atoms with E-state index in [1.54, 1.807) is 24.3 Å². The van der Waals surface area contributed by atoms with Crippen LogP contribution in [0.5, 0.6) is 5.75 Å². The molecule has 2 amide bonds. The number of carbonyl (C=O) groups is 2. The van der Waals surface area contributed by atoms with Crippen molar-refractivity contribution in [1.29, 1.82) is 0 Å². The molecular weight excluding hydrogens is 601 g/mol. The Morgan fingerprint density at radius 2 is 1.80 bits per heavy atom. The lowest BCUT2D eigenvalue weighted by molar-refractivity contribution is -0.119. The van der Waals surface area contributed by atoms with Crippen LogP contribution in [0.1, 0.15) is 27.9 Å². The van der Waals surface area contributed by atoms with Crippen molar-refractivity contribution in [2.24, 2.45) is 14.1 Å². The van der Waals surface area contributed by atoms with Gasteiger partial charge in [-0.05, 0) is 48.9 Å². The van der Waals surface area contributed by atoms with Gasteiger partial charge in [0.1, 0.15) is 17.1 Å². The van der Waals surface area contributed by atoms with Crippen LogP contribution in [0.3, 0.4) is 0 Å². The quantitative estimate of drug-likeness (QED) is 0.302. The van der Waals surface area contributed by atoms with Gasteiger partial charge in [0, 0.05) is 68.2 Å². The summed E-state index contributed by atoms with van der Waals surface area (Å²) in [6.07, 6.45) is 1.57. The third-order valence-corrected chi connectivity index (χ3v) is 8.64. The Morgan fingerprint density at radius 3 is 2.49 bits per heavy atom. The second kappa shape index (κ2) is 12.7. The van der Waals surface area contributed by atoms with Crippen LogP contribution in [-0.2, 0) is 25.4 Å². The Balaban J connectivity index is 1.47. The summed E-state index contributed by atoms with van der Waals surface area (Å²) >= 11 is 6.97. The maximum absolute atomic E-state index is 15.6. The standard InChI is InChI=1S/C33H33ClFN5O5/c1-18-21(8-7-11-27(18)37-31(42)25-17-39(3)33(44)40(4)32(25)43)23-10-6-9-22(30(23)34)19-12-26(35)24(28(13-19)45-5)16-38(2)20-14-29(41)36-15-20/h6-13,17,20H,14-16H2,1-5H3,(H,36,41)(H,37,42)/t20-/m0/s1. The Hall–Kier alpha value is -4.74. The number of rotatable bonds is 8. The van der Waals surface area contributed by atoms with Gasteiger partial charge in [-0.3, -0.25) is 23.9 Å². The third-order valence-electron chi connectivity index (χ3n) is 8.23. The number of likely N-dealkylation sites (N-methyl/N-ethyl adjacent to an activating group) is 1. The van der Waals surface area contributed by atoms with Gasteiger partial charge in [-0.2, -0.15) is 0 Å². The Bertz CT molecular complexity index is 1950. The van der Waals surface area contributed by atoms with Gasteiger partial charge in [0.25, 0.3) is 11.5 Å². The molecule has 0 spiro atoms. The molecule has 4 aromatic rings. The summed E-state index contributed by atoms with van der Waals surface area (Å²) in [6, 6.07) is 13.9. The van der Waals surface area contributed by atoms with E-state index in [0.717, 1.165) is 10.1 Å². The summed E-state index contributed by atoms with van der Waals surface area (Å²) in [5.41, 5.74) is 2.58. The first-order valence-electron chi connectivity index (χ1n) is 14.2. The summed E-state index contributed by atoms with van der Waals surface area (Å²) in [5, 5.41) is 5.96. The zero-order chi connectivity index (χ0) is 32.6. The van der Waals surface area contributed by atoms with Crippen molar-refractivity contribution < 1.29 is 18.7 Å². The molecule has 1 saturated heterocycles. The molecule has 0 aliphatic carbocycles. The van der Waals surface area contributed by atoms with Crippen molar-refractivity contribution in [3.63, 3.8) is 0 Å². The highest BCUT2D eigenvalue weighted by molar-refractivity contribution is 6.36. The number of nitrogens with one attached hydrogen (secondary N) is 2. The molecule has 1 aromatic heterocycles. The third kappa shape index (κ3) is 6.13. The second-order valence-corrected chi connectivity index (χ2v) is 11.5. The van der Waals surface area contributed by atoms with Gasteiger partial charge in [0.2, 0.25) is 5.91 Å². The topological polar surface area (TPSA) is 115 Å². The molecule has 2 heterocycles. The van der Waals surface area contributed by atoms with Crippen LogP contribution in [0.4, 0.5) is 10.1 Å². The van der Waals surface area contributed by atoms with Crippen LogP contribution in [0, 0.1) is 12.7 Å². The molecule has 0 unspecified atom stereocenters. The Morgan fingerprint density at radius 1 is 1.11 bits per heavy atom. The zero-order valence-electron chi connectivity index (χ0n) is 25.5. The van der Waals surface area contributed by atoms with Gasteiger partial charge in [-0.15, -0.1) is 0 Å². The minimum absolute atomic E-state index is 0.0256. The number of carbonyl (C=O) groups excluding carboxylic acids is 2. The van der Waals surface area contributed by atoms with E-state index in [1.807, 2.05) is 37.1 Å². The summed E-state index contributed by atoms with van der Waals surface area (Å²) in [6.45, 7) is 2.58. The number of aromatic nitrogens is 2. The van der Waals surface area contributed by atoms with Crippen LogP contribution in [-0.4, -0.2) is 52.6 Å². The first-order chi connectivity index (χ1) is 21.4. The highest BCUT2D eigenvalue weighted by Crippen LogP contribution is 2.41. The zero-order valence-corrected chi connectivity index (χ0v) is 26.3. The predicted molar refractivity (Wildman–Crippen MR) is 171 cm³/mol. The van der Waals surface area contributed by atoms with Gasteiger partial charge < -0.3 is 19.9 Å². The highest BCUT2D eigenvalue weighted by atomic mass is 35.5. The van der Waals surface area contributed by atoms with E-state index in [2.05, 4.69) is 10.6 Å². The summed E-state index contributed by atoms with van der Waals surface area (Å²) in [4.78, 5) is 51.3. The molecule has 12 heteroatoms. The lowest BCUT2D eigenvalue weighted by Gasteiger charge is -2.24. The van der Waals surface area contributed by atoms with E-state index < -0.39 is 23.0 Å². The number of amides is 2. The molecule has 10 nitrogen and oxygen atoms in total. The van der Waals surface area contributed by atoms with E-state index in [0.29, 0.717) is 57.2 Å². The molecule has 0 bridgehead atoms.